The lowest BCUT2D eigenvalue weighted by molar-refractivity contribution is -0.00596. The van der Waals surface area contributed by atoms with Crippen LogP contribution in [-0.4, -0.2) is 41.8 Å². The molecule has 1 aromatic carbocycles. The van der Waals surface area contributed by atoms with E-state index in [1.807, 2.05) is 6.92 Å². The maximum atomic E-state index is 10.0. The minimum Gasteiger partial charge on any atom is -0.390 e. The van der Waals surface area contributed by atoms with Crippen LogP contribution in [0.2, 0.25) is 0 Å². The van der Waals surface area contributed by atoms with Crippen molar-refractivity contribution in [3.63, 3.8) is 0 Å². The zero-order valence-corrected chi connectivity index (χ0v) is 13.7. The number of hydrogen-bond donors (Lipinski definition) is 2. The highest BCUT2D eigenvalue weighted by atomic mass is 16.3. The summed E-state index contributed by atoms with van der Waals surface area (Å²) in [7, 11) is 0. The quantitative estimate of drug-likeness (QED) is 0.845. The van der Waals surface area contributed by atoms with Gasteiger partial charge in [0, 0.05) is 19.1 Å². The minimum atomic E-state index is -0.450. The first-order valence-corrected chi connectivity index (χ1v) is 8.25. The fourth-order valence-corrected chi connectivity index (χ4v) is 3.09. The molecule has 1 heterocycles. The maximum absolute atomic E-state index is 10.0. The van der Waals surface area contributed by atoms with Crippen molar-refractivity contribution in [1.82, 2.24) is 10.2 Å². The van der Waals surface area contributed by atoms with Gasteiger partial charge in [0.15, 0.2) is 0 Å². The Kier molecular flexibility index (Phi) is 5.80. The molecule has 21 heavy (non-hydrogen) atoms. The van der Waals surface area contributed by atoms with Crippen LogP contribution in [0.3, 0.4) is 0 Å². The summed E-state index contributed by atoms with van der Waals surface area (Å²) >= 11 is 0. The van der Waals surface area contributed by atoms with Gasteiger partial charge in [0.05, 0.1) is 5.60 Å². The van der Waals surface area contributed by atoms with Crippen LogP contribution < -0.4 is 5.32 Å². The Hall–Kier alpha value is -0.900. The van der Waals surface area contributed by atoms with Crippen molar-refractivity contribution in [2.24, 2.45) is 0 Å². The average Bonchev–Trinajstić information content (AvgIpc) is 2.44. The Morgan fingerprint density at radius 3 is 2.67 bits per heavy atom. The van der Waals surface area contributed by atoms with Gasteiger partial charge in [-0.25, -0.2) is 0 Å². The fourth-order valence-electron chi connectivity index (χ4n) is 3.09. The van der Waals surface area contributed by atoms with Crippen molar-refractivity contribution in [1.29, 1.82) is 0 Å². The molecule has 0 bridgehead atoms. The number of hydrogen-bond acceptors (Lipinski definition) is 3. The van der Waals surface area contributed by atoms with E-state index in [4.69, 9.17) is 0 Å². The largest absolute Gasteiger partial charge is 0.390 e. The number of likely N-dealkylation sites (tertiary alicyclic amines) is 1. The third kappa shape index (κ3) is 5.10. The monoisotopic (exact) mass is 290 g/mol. The van der Waals surface area contributed by atoms with Crippen LogP contribution in [0, 0.1) is 6.92 Å². The number of piperidine rings is 1. The van der Waals surface area contributed by atoms with E-state index in [-0.39, 0.29) is 0 Å². The van der Waals surface area contributed by atoms with Gasteiger partial charge in [-0.2, -0.15) is 0 Å². The smallest absolute Gasteiger partial charge is 0.0644 e. The van der Waals surface area contributed by atoms with Crippen LogP contribution >= 0.6 is 0 Å². The summed E-state index contributed by atoms with van der Waals surface area (Å²) in [5, 5.41) is 13.6. The van der Waals surface area contributed by atoms with Crippen molar-refractivity contribution in [3.05, 3.63) is 35.4 Å². The minimum absolute atomic E-state index is 0.428. The number of aliphatic hydroxyl groups is 1. The van der Waals surface area contributed by atoms with Gasteiger partial charge in [0.1, 0.15) is 0 Å². The van der Waals surface area contributed by atoms with Crippen LogP contribution in [0.1, 0.15) is 50.3 Å². The molecule has 1 aromatic rings. The molecule has 1 aliphatic heterocycles. The highest BCUT2D eigenvalue weighted by Gasteiger charge is 2.27. The molecule has 0 saturated carbocycles. The van der Waals surface area contributed by atoms with Gasteiger partial charge in [-0.05, 0) is 51.8 Å². The number of benzene rings is 1. The molecule has 118 valence electrons. The van der Waals surface area contributed by atoms with E-state index in [1.165, 1.54) is 11.1 Å². The molecular formula is C18H30N2O. The summed E-state index contributed by atoms with van der Waals surface area (Å²) in [5.74, 6) is 0. The van der Waals surface area contributed by atoms with E-state index < -0.39 is 5.60 Å². The third-order valence-electron chi connectivity index (χ3n) is 4.56. The lowest BCUT2D eigenvalue weighted by Gasteiger charge is -2.36. The predicted octanol–water partition coefficient (Wildman–Crippen LogP) is 2.88. The van der Waals surface area contributed by atoms with Crippen LogP contribution in [0.5, 0.6) is 0 Å². The predicted molar refractivity (Wildman–Crippen MR) is 88.5 cm³/mol. The SMILES string of the molecule is CCNC(CCN1CCC(C)(O)CC1)c1cccc(C)c1. The molecule has 1 aliphatic rings. The Morgan fingerprint density at radius 2 is 2.05 bits per heavy atom. The first kappa shape index (κ1) is 16.5. The highest BCUT2D eigenvalue weighted by molar-refractivity contribution is 5.25. The van der Waals surface area contributed by atoms with E-state index in [9.17, 15) is 5.11 Å². The second kappa shape index (κ2) is 7.39. The van der Waals surface area contributed by atoms with Gasteiger partial charge in [-0.15, -0.1) is 0 Å². The lowest BCUT2D eigenvalue weighted by Crippen LogP contribution is -2.43. The first-order chi connectivity index (χ1) is 10.00. The van der Waals surface area contributed by atoms with Crippen molar-refractivity contribution in [2.45, 2.75) is 51.7 Å². The topological polar surface area (TPSA) is 35.5 Å². The molecule has 2 N–H and O–H groups in total. The standard InChI is InChI=1S/C18H30N2O/c1-4-19-17(16-7-5-6-15(2)14-16)8-11-20-12-9-18(3,21)10-13-20/h5-7,14,17,19,21H,4,8-13H2,1-3H3. The van der Waals surface area contributed by atoms with E-state index in [0.29, 0.717) is 6.04 Å². The molecule has 0 radical (unpaired) electrons. The summed E-state index contributed by atoms with van der Waals surface area (Å²) in [6.45, 7) is 10.4. The van der Waals surface area contributed by atoms with Crippen molar-refractivity contribution >= 4 is 0 Å². The number of nitrogens with zero attached hydrogens (tertiary/aromatic N) is 1. The Labute approximate surface area is 129 Å². The second-order valence-electron chi connectivity index (χ2n) is 6.65. The number of aryl methyl sites for hydroxylation is 1. The Balaban J connectivity index is 1.89. The van der Waals surface area contributed by atoms with Crippen molar-refractivity contribution < 1.29 is 5.11 Å². The van der Waals surface area contributed by atoms with Crippen LogP contribution in [0.4, 0.5) is 0 Å². The molecule has 0 spiro atoms. The van der Waals surface area contributed by atoms with Gasteiger partial charge >= 0.3 is 0 Å². The molecule has 0 amide bonds. The second-order valence-corrected chi connectivity index (χ2v) is 6.65. The van der Waals surface area contributed by atoms with E-state index in [1.54, 1.807) is 0 Å². The van der Waals surface area contributed by atoms with Gasteiger partial charge in [0.25, 0.3) is 0 Å². The zero-order chi connectivity index (χ0) is 15.3. The summed E-state index contributed by atoms with van der Waals surface area (Å²) in [5.41, 5.74) is 2.26. The summed E-state index contributed by atoms with van der Waals surface area (Å²) in [6.07, 6.45) is 2.91. The molecular weight excluding hydrogens is 260 g/mol. The van der Waals surface area contributed by atoms with E-state index >= 15 is 0 Å². The molecule has 3 nitrogen and oxygen atoms in total. The molecule has 3 heteroatoms. The summed E-state index contributed by atoms with van der Waals surface area (Å²) in [4.78, 5) is 2.48. The molecule has 1 atom stereocenters. The molecule has 1 saturated heterocycles. The fraction of sp³-hybridized carbons (Fsp3) is 0.667. The molecule has 1 fully saturated rings. The van der Waals surface area contributed by atoms with E-state index in [2.05, 4.69) is 48.3 Å². The molecule has 1 unspecified atom stereocenters. The maximum Gasteiger partial charge on any atom is 0.0644 e. The molecule has 0 aromatic heterocycles. The average molecular weight is 290 g/mol. The zero-order valence-electron chi connectivity index (χ0n) is 13.7. The van der Waals surface area contributed by atoms with Crippen LogP contribution in [0.25, 0.3) is 0 Å². The summed E-state index contributed by atoms with van der Waals surface area (Å²) in [6, 6.07) is 9.24. The van der Waals surface area contributed by atoms with Gasteiger partial charge < -0.3 is 15.3 Å². The Bertz CT molecular complexity index is 435. The summed E-state index contributed by atoms with van der Waals surface area (Å²) < 4.78 is 0. The van der Waals surface area contributed by atoms with Gasteiger partial charge in [0.2, 0.25) is 0 Å². The molecule has 2 rings (SSSR count). The highest BCUT2D eigenvalue weighted by Crippen LogP contribution is 2.23. The van der Waals surface area contributed by atoms with Crippen molar-refractivity contribution in [3.8, 4) is 0 Å². The van der Waals surface area contributed by atoms with E-state index in [0.717, 1.165) is 45.4 Å². The molecule has 0 aliphatic carbocycles. The lowest BCUT2D eigenvalue weighted by atomic mass is 9.93. The first-order valence-electron chi connectivity index (χ1n) is 8.25. The number of rotatable bonds is 6. The van der Waals surface area contributed by atoms with Crippen LogP contribution in [-0.2, 0) is 0 Å². The normalized spacial score (nSPS) is 20.4. The van der Waals surface area contributed by atoms with Gasteiger partial charge in [-0.1, -0.05) is 36.8 Å². The van der Waals surface area contributed by atoms with Crippen molar-refractivity contribution in [2.75, 3.05) is 26.2 Å². The number of nitrogens with one attached hydrogen (secondary N) is 1. The third-order valence-corrected chi connectivity index (χ3v) is 4.56. The van der Waals surface area contributed by atoms with Crippen LogP contribution in [0.15, 0.2) is 24.3 Å². The Morgan fingerprint density at radius 1 is 1.33 bits per heavy atom. The van der Waals surface area contributed by atoms with Gasteiger partial charge in [-0.3, -0.25) is 0 Å².